The van der Waals surface area contributed by atoms with Gasteiger partial charge in [0.15, 0.2) is 0 Å². The van der Waals surface area contributed by atoms with Gasteiger partial charge in [0.25, 0.3) is 0 Å². The maximum absolute atomic E-state index is 12.9. The average Bonchev–Trinajstić information content (AvgIpc) is 2.45. The van der Waals surface area contributed by atoms with Gasteiger partial charge in [-0.05, 0) is 51.0 Å². The van der Waals surface area contributed by atoms with E-state index >= 15 is 0 Å². The molecule has 0 spiro atoms. The summed E-state index contributed by atoms with van der Waals surface area (Å²) in [5.74, 6) is -0.587. The van der Waals surface area contributed by atoms with Gasteiger partial charge in [-0.2, -0.15) is 0 Å². The molecule has 1 N–H and O–H groups in total. The summed E-state index contributed by atoms with van der Waals surface area (Å²) in [6.07, 6.45) is 1.01. The lowest BCUT2D eigenvalue weighted by Crippen LogP contribution is -2.38. The number of allylic oxidation sites excluding steroid dienone is 1. The van der Waals surface area contributed by atoms with Gasteiger partial charge in [-0.15, -0.1) is 0 Å². The number of ether oxygens (including phenoxy) is 1. The summed E-state index contributed by atoms with van der Waals surface area (Å²) < 4.78 is 18.1. The van der Waals surface area contributed by atoms with Crippen LogP contribution in [0, 0.1) is 5.82 Å². The van der Waals surface area contributed by atoms with Gasteiger partial charge < -0.3 is 15.0 Å². The predicted octanol–water partition coefficient (Wildman–Crippen LogP) is 3.21. The smallest absolute Gasteiger partial charge is 0.410 e. The van der Waals surface area contributed by atoms with Gasteiger partial charge >= 0.3 is 6.09 Å². The number of rotatable bonds is 5. The summed E-state index contributed by atoms with van der Waals surface area (Å²) in [7, 11) is 1.61. The summed E-state index contributed by atoms with van der Waals surface area (Å²) in [5, 5.41) is 2.70. The molecule has 132 valence electrons. The highest BCUT2D eigenvalue weighted by molar-refractivity contribution is 5.94. The molecule has 2 amide bonds. The van der Waals surface area contributed by atoms with Gasteiger partial charge in [0.1, 0.15) is 11.4 Å². The van der Waals surface area contributed by atoms with Crippen molar-refractivity contribution in [2.24, 2.45) is 0 Å². The third kappa shape index (κ3) is 7.26. The van der Waals surface area contributed by atoms with Crippen LogP contribution in [0.5, 0.6) is 0 Å². The number of amides is 2. The fraction of sp³-hybridized carbons (Fsp3) is 0.444. The van der Waals surface area contributed by atoms with Crippen molar-refractivity contribution in [1.29, 1.82) is 0 Å². The van der Waals surface area contributed by atoms with Crippen LogP contribution in [0.3, 0.4) is 0 Å². The summed E-state index contributed by atoms with van der Waals surface area (Å²) >= 11 is 0. The van der Waals surface area contributed by atoms with Gasteiger partial charge in [0, 0.05) is 26.2 Å². The Labute approximate surface area is 142 Å². The third-order valence-electron chi connectivity index (χ3n) is 3.10. The highest BCUT2D eigenvalue weighted by Gasteiger charge is 2.19. The van der Waals surface area contributed by atoms with Crippen LogP contribution in [0.4, 0.5) is 9.18 Å². The van der Waals surface area contributed by atoms with Gasteiger partial charge in [-0.1, -0.05) is 12.1 Å². The van der Waals surface area contributed by atoms with Crippen LogP contribution in [0.15, 0.2) is 30.3 Å². The lowest BCUT2D eigenvalue weighted by Gasteiger charge is -2.24. The molecule has 5 nitrogen and oxygen atoms in total. The van der Waals surface area contributed by atoms with Crippen molar-refractivity contribution in [2.75, 3.05) is 20.1 Å². The maximum atomic E-state index is 12.9. The van der Waals surface area contributed by atoms with E-state index in [1.54, 1.807) is 46.9 Å². The van der Waals surface area contributed by atoms with E-state index in [0.717, 1.165) is 11.1 Å². The zero-order chi connectivity index (χ0) is 18.3. The Morgan fingerprint density at radius 2 is 1.83 bits per heavy atom. The van der Waals surface area contributed by atoms with E-state index in [-0.39, 0.29) is 11.7 Å². The highest BCUT2D eigenvalue weighted by Crippen LogP contribution is 2.13. The molecule has 24 heavy (non-hydrogen) atoms. The zero-order valence-electron chi connectivity index (χ0n) is 14.9. The van der Waals surface area contributed by atoms with Crippen LogP contribution in [0.25, 0.3) is 5.57 Å². The minimum absolute atomic E-state index is 0.269. The zero-order valence-corrected chi connectivity index (χ0v) is 14.9. The number of hydrogen-bond donors (Lipinski definition) is 1. The molecule has 0 saturated carbocycles. The molecule has 0 unspecified atom stereocenters. The number of carbonyl (C=O) groups is 2. The van der Waals surface area contributed by atoms with E-state index in [4.69, 9.17) is 4.74 Å². The quantitative estimate of drug-likeness (QED) is 0.840. The van der Waals surface area contributed by atoms with Crippen molar-refractivity contribution in [2.45, 2.75) is 33.3 Å². The van der Waals surface area contributed by atoms with Crippen molar-refractivity contribution in [3.05, 3.63) is 41.7 Å². The largest absolute Gasteiger partial charge is 0.444 e. The van der Waals surface area contributed by atoms with Gasteiger partial charge in [0.2, 0.25) is 5.91 Å². The number of nitrogens with zero attached hydrogens (tertiary/aromatic N) is 1. The number of carbonyl (C=O) groups excluding carboxylic acids is 2. The Hall–Kier alpha value is -2.37. The maximum Gasteiger partial charge on any atom is 0.410 e. The van der Waals surface area contributed by atoms with Gasteiger partial charge in [0.05, 0.1) is 0 Å². The Morgan fingerprint density at radius 3 is 2.38 bits per heavy atom. The molecule has 0 aliphatic carbocycles. The molecule has 0 heterocycles. The monoisotopic (exact) mass is 336 g/mol. The van der Waals surface area contributed by atoms with Crippen LogP contribution < -0.4 is 5.32 Å². The van der Waals surface area contributed by atoms with E-state index in [0.29, 0.717) is 13.1 Å². The molecule has 0 aliphatic rings. The number of hydrogen-bond acceptors (Lipinski definition) is 3. The van der Waals surface area contributed by atoms with E-state index in [1.165, 1.54) is 23.1 Å². The van der Waals surface area contributed by atoms with Crippen molar-refractivity contribution < 1.29 is 18.7 Å². The number of nitrogens with one attached hydrogen (secondary N) is 1. The fourth-order valence-electron chi connectivity index (χ4n) is 1.82. The summed E-state index contributed by atoms with van der Waals surface area (Å²) in [4.78, 5) is 25.1. The van der Waals surface area contributed by atoms with E-state index in [2.05, 4.69) is 5.32 Å². The first kappa shape index (κ1) is 19.7. The molecule has 1 aromatic rings. The fourth-order valence-corrected chi connectivity index (χ4v) is 1.82. The Balaban J connectivity index is 2.44. The number of likely N-dealkylation sites (N-methyl/N-ethyl adjacent to an activating group) is 1. The Kier molecular flexibility index (Phi) is 6.95. The topological polar surface area (TPSA) is 58.6 Å². The molecule has 1 rings (SSSR count). The van der Waals surface area contributed by atoms with E-state index in [9.17, 15) is 14.0 Å². The summed E-state index contributed by atoms with van der Waals surface area (Å²) in [6.45, 7) is 7.81. The van der Waals surface area contributed by atoms with E-state index < -0.39 is 11.7 Å². The minimum atomic E-state index is -0.552. The van der Waals surface area contributed by atoms with Crippen LogP contribution in [-0.4, -0.2) is 42.6 Å². The molecule has 0 radical (unpaired) electrons. The Morgan fingerprint density at radius 1 is 1.25 bits per heavy atom. The molecule has 0 atom stereocenters. The first-order valence-corrected chi connectivity index (χ1v) is 7.74. The van der Waals surface area contributed by atoms with Crippen LogP contribution in [-0.2, 0) is 9.53 Å². The number of benzene rings is 1. The van der Waals surface area contributed by atoms with Crippen molar-refractivity contribution in [3.8, 4) is 0 Å². The van der Waals surface area contributed by atoms with E-state index in [1.807, 2.05) is 0 Å². The first-order valence-electron chi connectivity index (χ1n) is 7.74. The SMILES string of the molecule is C/C(=C/C(=O)NCCN(C)C(=O)OC(C)(C)C)c1ccc(F)cc1. The molecule has 0 fully saturated rings. The van der Waals surface area contributed by atoms with Crippen LogP contribution >= 0.6 is 0 Å². The predicted molar refractivity (Wildman–Crippen MR) is 91.9 cm³/mol. The minimum Gasteiger partial charge on any atom is -0.444 e. The van der Waals surface area contributed by atoms with Gasteiger partial charge in [-0.3, -0.25) is 4.79 Å². The number of halogens is 1. The molecule has 1 aromatic carbocycles. The Bertz CT molecular complexity index is 604. The lowest BCUT2D eigenvalue weighted by molar-refractivity contribution is -0.116. The lowest BCUT2D eigenvalue weighted by atomic mass is 10.1. The standard InChI is InChI=1S/C18H25FN2O3/c1-13(14-6-8-15(19)9-7-14)12-16(22)20-10-11-21(5)17(23)24-18(2,3)4/h6-9,12H,10-11H2,1-5H3,(H,20,22)/b13-12-. The molecule has 0 aromatic heterocycles. The summed E-state index contributed by atoms with van der Waals surface area (Å²) in [6, 6.07) is 5.93. The average molecular weight is 336 g/mol. The van der Waals surface area contributed by atoms with Crippen LogP contribution in [0.2, 0.25) is 0 Å². The third-order valence-corrected chi connectivity index (χ3v) is 3.10. The second-order valence-corrected chi connectivity index (χ2v) is 6.53. The van der Waals surface area contributed by atoms with Crippen molar-refractivity contribution in [1.82, 2.24) is 10.2 Å². The summed E-state index contributed by atoms with van der Waals surface area (Å²) in [5.41, 5.74) is 0.953. The van der Waals surface area contributed by atoms with Crippen molar-refractivity contribution in [3.63, 3.8) is 0 Å². The molecular weight excluding hydrogens is 311 g/mol. The first-order chi connectivity index (χ1) is 11.1. The van der Waals surface area contributed by atoms with Crippen LogP contribution in [0.1, 0.15) is 33.3 Å². The highest BCUT2D eigenvalue weighted by atomic mass is 19.1. The molecule has 6 heteroatoms. The molecule has 0 aliphatic heterocycles. The molecule has 0 bridgehead atoms. The molecule has 0 saturated heterocycles. The van der Waals surface area contributed by atoms with Gasteiger partial charge in [-0.25, -0.2) is 9.18 Å². The normalized spacial score (nSPS) is 11.8. The second-order valence-electron chi connectivity index (χ2n) is 6.53. The second kappa shape index (κ2) is 8.47. The van der Waals surface area contributed by atoms with Crippen molar-refractivity contribution >= 4 is 17.6 Å². The molecular formula is C18H25FN2O3.